The van der Waals surface area contributed by atoms with Gasteiger partial charge in [0.25, 0.3) is 0 Å². The molecule has 90 valence electrons. The van der Waals surface area contributed by atoms with Gasteiger partial charge in [0, 0.05) is 0 Å². The number of halogens is 3. The molecule has 0 saturated carbocycles. The topological polar surface area (TPSA) is 26.0 Å². The predicted molar refractivity (Wildman–Crippen MR) is 63.9 cm³/mol. The summed E-state index contributed by atoms with van der Waals surface area (Å²) < 4.78 is 37.2. The number of nitrogen functional groups attached to an aromatic ring is 1. The third kappa shape index (κ3) is 2.29. The second-order valence-electron chi connectivity index (χ2n) is 3.74. The molecule has 0 saturated heterocycles. The average molecular weight is 257 g/mol. The van der Waals surface area contributed by atoms with Crippen molar-refractivity contribution in [3.05, 3.63) is 40.8 Å². The molecule has 1 aromatic carbocycles. The van der Waals surface area contributed by atoms with Gasteiger partial charge in [-0.1, -0.05) is 12.1 Å². The minimum Gasteiger partial charge on any atom is -0.397 e. The molecule has 0 unspecified atom stereocenters. The summed E-state index contributed by atoms with van der Waals surface area (Å²) in [6.45, 7) is 1.87. The minimum atomic E-state index is -4.30. The number of alkyl halides is 3. The molecule has 0 spiro atoms. The molecule has 1 heterocycles. The number of anilines is 1. The first-order valence-corrected chi connectivity index (χ1v) is 5.79. The van der Waals surface area contributed by atoms with E-state index in [9.17, 15) is 13.2 Å². The predicted octanol–water partition coefficient (Wildman–Crippen LogP) is 4.32. The number of aryl methyl sites for hydroxylation is 1. The molecule has 1 nitrogen and oxygen atoms in total. The van der Waals surface area contributed by atoms with Crippen LogP contribution < -0.4 is 5.73 Å². The Kier molecular flexibility index (Phi) is 2.87. The van der Waals surface area contributed by atoms with Crippen molar-refractivity contribution in [2.45, 2.75) is 13.1 Å². The summed E-state index contributed by atoms with van der Waals surface area (Å²) in [7, 11) is 0. The Hall–Kier alpha value is -1.49. The van der Waals surface area contributed by atoms with Gasteiger partial charge in [-0.25, -0.2) is 0 Å². The summed E-state index contributed by atoms with van der Waals surface area (Å²) in [4.78, 5) is 0.816. The Bertz CT molecular complexity index is 526. The van der Waals surface area contributed by atoms with E-state index in [1.807, 2.05) is 12.3 Å². The Morgan fingerprint density at radius 2 is 1.71 bits per heavy atom. The van der Waals surface area contributed by atoms with Gasteiger partial charge in [-0.2, -0.15) is 13.2 Å². The van der Waals surface area contributed by atoms with Crippen molar-refractivity contribution in [3.8, 4) is 10.4 Å². The number of hydrogen-bond donors (Lipinski definition) is 1. The van der Waals surface area contributed by atoms with Crippen LogP contribution in [0.2, 0.25) is 0 Å². The van der Waals surface area contributed by atoms with Gasteiger partial charge in [0.15, 0.2) is 0 Å². The minimum absolute atomic E-state index is 0.634. The Labute approximate surface area is 101 Å². The fraction of sp³-hybridized carbons (Fsp3) is 0.167. The van der Waals surface area contributed by atoms with Gasteiger partial charge in [-0.05, 0) is 35.6 Å². The molecule has 17 heavy (non-hydrogen) atoms. The second-order valence-corrected chi connectivity index (χ2v) is 4.62. The fourth-order valence-electron chi connectivity index (χ4n) is 1.49. The highest BCUT2D eigenvalue weighted by Crippen LogP contribution is 2.36. The van der Waals surface area contributed by atoms with Gasteiger partial charge in [-0.3, -0.25) is 0 Å². The Morgan fingerprint density at radius 3 is 2.12 bits per heavy atom. The van der Waals surface area contributed by atoms with Crippen LogP contribution in [0.4, 0.5) is 18.9 Å². The molecular formula is C12H10F3NS. The van der Waals surface area contributed by atoms with Gasteiger partial charge in [0.05, 0.1) is 16.1 Å². The van der Waals surface area contributed by atoms with E-state index >= 15 is 0 Å². The number of benzene rings is 1. The van der Waals surface area contributed by atoms with Crippen molar-refractivity contribution in [2.24, 2.45) is 0 Å². The highest BCUT2D eigenvalue weighted by atomic mass is 32.1. The van der Waals surface area contributed by atoms with Crippen LogP contribution in [0.25, 0.3) is 10.4 Å². The standard InChI is InChI=1S/C12H10F3NS/c1-7-6-17-11(10(7)16)8-2-4-9(5-3-8)12(13,14)15/h2-6H,16H2,1H3. The van der Waals surface area contributed by atoms with E-state index in [4.69, 9.17) is 5.73 Å². The number of rotatable bonds is 1. The lowest BCUT2D eigenvalue weighted by molar-refractivity contribution is -0.137. The lowest BCUT2D eigenvalue weighted by atomic mass is 10.1. The van der Waals surface area contributed by atoms with Gasteiger partial charge in [0.1, 0.15) is 0 Å². The SMILES string of the molecule is Cc1csc(-c2ccc(C(F)(F)F)cc2)c1N. The molecule has 0 aliphatic heterocycles. The number of nitrogens with two attached hydrogens (primary N) is 1. The van der Waals surface area contributed by atoms with E-state index in [1.165, 1.54) is 23.5 Å². The van der Waals surface area contributed by atoms with Crippen LogP contribution in [0.3, 0.4) is 0 Å². The fourth-order valence-corrected chi connectivity index (χ4v) is 2.47. The number of thiophene rings is 1. The van der Waals surface area contributed by atoms with E-state index in [-0.39, 0.29) is 0 Å². The molecule has 0 aliphatic carbocycles. The lowest BCUT2D eigenvalue weighted by Crippen LogP contribution is -2.03. The van der Waals surface area contributed by atoms with Gasteiger partial charge in [0.2, 0.25) is 0 Å². The molecule has 5 heteroatoms. The van der Waals surface area contributed by atoms with E-state index < -0.39 is 11.7 Å². The van der Waals surface area contributed by atoms with Crippen molar-refractivity contribution in [1.29, 1.82) is 0 Å². The average Bonchev–Trinajstić information content (AvgIpc) is 2.59. The summed E-state index contributed by atoms with van der Waals surface area (Å²) in [6.07, 6.45) is -4.30. The van der Waals surface area contributed by atoms with Crippen LogP contribution in [-0.4, -0.2) is 0 Å². The summed E-state index contributed by atoms with van der Waals surface area (Å²) in [5, 5.41) is 1.89. The zero-order chi connectivity index (χ0) is 12.6. The highest BCUT2D eigenvalue weighted by Gasteiger charge is 2.30. The van der Waals surface area contributed by atoms with Crippen LogP contribution in [0.5, 0.6) is 0 Å². The normalized spacial score (nSPS) is 11.8. The van der Waals surface area contributed by atoms with E-state index in [0.717, 1.165) is 22.6 Å². The molecule has 0 fully saturated rings. The Balaban J connectivity index is 2.40. The van der Waals surface area contributed by atoms with Gasteiger partial charge >= 0.3 is 6.18 Å². The van der Waals surface area contributed by atoms with Crippen molar-refractivity contribution in [1.82, 2.24) is 0 Å². The maximum atomic E-state index is 12.4. The summed E-state index contributed by atoms with van der Waals surface area (Å²) in [5.74, 6) is 0. The smallest absolute Gasteiger partial charge is 0.397 e. The quantitative estimate of drug-likeness (QED) is 0.808. The summed E-state index contributed by atoms with van der Waals surface area (Å²) >= 11 is 1.44. The zero-order valence-electron chi connectivity index (χ0n) is 9.01. The van der Waals surface area contributed by atoms with E-state index in [1.54, 1.807) is 0 Å². The molecule has 2 rings (SSSR count). The van der Waals surface area contributed by atoms with Gasteiger partial charge < -0.3 is 5.73 Å². The number of hydrogen-bond acceptors (Lipinski definition) is 2. The van der Waals surface area contributed by atoms with Crippen LogP contribution in [0.1, 0.15) is 11.1 Å². The van der Waals surface area contributed by atoms with Gasteiger partial charge in [-0.15, -0.1) is 11.3 Å². The molecule has 0 aliphatic rings. The first-order valence-electron chi connectivity index (χ1n) is 4.91. The molecule has 2 N–H and O–H groups in total. The van der Waals surface area contributed by atoms with Crippen molar-refractivity contribution >= 4 is 17.0 Å². The lowest BCUT2D eigenvalue weighted by Gasteiger charge is -2.07. The molecule has 0 radical (unpaired) electrons. The molecule has 0 atom stereocenters. The van der Waals surface area contributed by atoms with Crippen molar-refractivity contribution in [3.63, 3.8) is 0 Å². The third-order valence-corrected chi connectivity index (χ3v) is 3.66. The highest BCUT2D eigenvalue weighted by molar-refractivity contribution is 7.14. The summed E-state index contributed by atoms with van der Waals surface area (Å²) in [5.41, 5.74) is 7.50. The summed E-state index contributed by atoms with van der Waals surface area (Å²) in [6, 6.07) is 5.04. The third-order valence-electron chi connectivity index (χ3n) is 2.50. The van der Waals surface area contributed by atoms with E-state index in [2.05, 4.69) is 0 Å². The molecule has 2 aromatic rings. The first kappa shape index (κ1) is 12.0. The molecule has 0 bridgehead atoms. The second kappa shape index (κ2) is 4.07. The monoisotopic (exact) mass is 257 g/mol. The Morgan fingerprint density at radius 1 is 1.12 bits per heavy atom. The maximum Gasteiger partial charge on any atom is 0.416 e. The molecular weight excluding hydrogens is 247 g/mol. The van der Waals surface area contributed by atoms with Crippen LogP contribution in [0.15, 0.2) is 29.6 Å². The van der Waals surface area contributed by atoms with Crippen molar-refractivity contribution < 1.29 is 13.2 Å². The maximum absolute atomic E-state index is 12.4. The van der Waals surface area contributed by atoms with Crippen LogP contribution >= 0.6 is 11.3 Å². The zero-order valence-corrected chi connectivity index (χ0v) is 9.82. The largest absolute Gasteiger partial charge is 0.416 e. The molecule has 0 amide bonds. The molecule has 1 aromatic heterocycles. The first-order chi connectivity index (χ1) is 7.89. The van der Waals surface area contributed by atoms with Crippen molar-refractivity contribution in [2.75, 3.05) is 5.73 Å². The van der Waals surface area contributed by atoms with Crippen LogP contribution in [0, 0.1) is 6.92 Å². The van der Waals surface area contributed by atoms with Crippen LogP contribution in [-0.2, 0) is 6.18 Å². The van der Waals surface area contributed by atoms with E-state index in [0.29, 0.717) is 11.3 Å².